The Morgan fingerprint density at radius 2 is 2.00 bits per heavy atom. The maximum atomic E-state index is 4.35. The zero-order valence-corrected chi connectivity index (χ0v) is 13.6. The first kappa shape index (κ1) is 14.6. The van der Waals surface area contributed by atoms with E-state index in [1.54, 1.807) is 0 Å². The van der Waals surface area contributed by atoms with Gasteiger partial charge < -0.3 is 4.90 Å². The van der Waals surface area contributed by atoms with E-state index in [1.165, 1.54) is 54.9 Å². The molecule has 114 valence electrons. The van der Waals surface area contributed by atoms with Crippen molar-refractivity contribution in [1.29, 1.82) is 0 Å². The number of anilines is 1. The summed E-state index contributed by atoms with van der Waals surface area (Å²) in [5.41, 5.74) is 5.44. The molecule has 0 N–H and O–H groups in total. The van der Waals surface area contributed by atoms with Gasteiger partial charge in [-0.2, -0.15) is 0 Å². The van der Waals surface area contributed by atoms with Crippen LogP contribution in [-0.4, -0.2) is 30.6 Å². The molecule has 2 aliphatic rings. The lowest BCUT2D eigenvalue weighted by molar-refractivity contribution is 0.137. The fourth-order valence-corrected chi connectivity index (χ4v) is 3.55. The van der Waals surface area contributed by atoms with Crippen molar-refractivity contribution in [2.24, 2.45) is 0 Å². The van der Waals surface area contributed by atoms with Crippen molar-refractivity contribution in [2.45, 2.75) is 52.0 Å². The summed E-state index contributed by atoms with van der Waals surface area (Å²) in [6.45, 7) is 12.3. The highest BCUT2D eigenvalue weighted by Gasteiger charge is 2.27. The lowest BCUT2D eigenvalue weighted by atomic mass is 9.91. The second-order valence-corrected chi connectivity index (χ2v) is 6.56. The summed E-state index contributed by atoms with van der Waals surface area (Å²) < 4.78 is 0. The number of rotatable bonds is 3. The second kappa shape index (κ2) is 6.23. The van der Waals surface area contributed by atoms with E-state index in [1.807, 2.05) is 0 Å². The van der Waals surface area contributed by atoms with Crippen molar-refractivity contribution in [3.63, 3.8) is 0 Å². The molecule has 1 aromatic rings. The van der Waals surface area contributed by atoms with E-state index >= 15 is 0 Å². The fraction of sp³-hybridized carbons (Fsp3) is 0.579. The number of aryl methyl sites for hydroxylation is 2. The van der Waals surface area contributed by atoms with Gasteiger partial charge in [-0.1, -0.05) is 32.1 Å². The predicted octanol–water partition coefficient (Wildman–Crippen LogP) is 4.14. The third kappa shape index (κ3) is 3.01. The van der Waals surface area contributed by atoms with Crippen LogP contribution in [0, 0.1) is 6.92 Å². The predicted molar refractivity (Wildman–Crippen MR) is 90.9 cm³/mol. The molecule has 2 fully saturated rings. The molecule has 1 aromatic carbocycles. The molecule has 0 atom stereocenters. The van der Waals surface area contributed by atoms with Crippen LogP contribution in [0.2, 0.25) is 0 Å². The van der Waals surface area contributed by atoms with Gasteiger partial charge >= 0.3 is 0 Å². The normalized spacial score (nSPS) is 21.2. The van der Waals surface area contributed by atoms with Crippen LogP contribution in [0.1, 0.15) is 43.7 Å². The molecule has 2 heteroatoms. The number of hydrogen-bond donors (Lipinski definition) is 0. The summed E-state index contributed by atoms with van der Waals surface area (Å²) in [6, 6.07) is 7.74. The van der Waals surface area contributed by atoms with E-state index in [0.29, 0.717) is 0 Å². The van der Waals surface area contributed by atoms with Gasteiger partial charge in [0.15, 0.2) is 0 Å². The van der Waals surface area contributed by atoms with Gasteiger partial charge in [-0.15, -0.1) is 0 Å². The van der Waals surface area contributed by atoms with E-state index in [0.717, 1.165) is 25.4 Å². The van der Waals surface area contributed by atoms with Crippen molar-refractivity contribution < 1.29 is 0 Å². The fourth-order valence-electron chi connectivity index (χ4n) is 3.55. The quantitative estimate of drug-likeness (QED) is 0.823. The Kier molecular flexibility index (Phi) is 4.34. The molecule has 1 saturated carbocycles. The lowest BCUT2D eigenvalue weighted by Gasteiger charge is -2.36. The van der Waals surface area contributed by atoms with Crippen LogP contribution in [0.25, 0.3) is 0 Å². The Morgan fingerprint density at radius 3 is 2.62 bits per heavy atom. The van der Waals surface area contributed by atoms with Crippen molar-refractivity contribution in [2.75, 3.05) is 24.5 Å². The van der Waals surface area contributed by atoms with Crippen LogP contribution in [-0.2, 0) is 6.42 Å². The van der Waals surface area contributed by atoms with Crippen molar-refractivity contribution in [3.05, 3.63) is 41.6 Å². The summed E-state index contributed by atoms with van der Waals surface area (Å²) in [5.74, 6) is 0. The molecule has 1 saturated heterocycles. The van der Waals surface area contributed by atoms with Gasteiger partial charge in [-0.3, -0.25) is 4.90 Å². The molecule has 0 radical (unpaired) electrons. The van der Waals surface area contributed by atoms with E-state index in [2.05, 4.69) is 48.4 Å². The van der Waals surface area contributed by atoms with Gasteiger partial charge in [0.25, 0.3) is 0 Å². The molecule has 1 aliphatic carbocycles. The largest absolute Gasteiger partial charge is 0.344 e. The molecule has 1 heterocycles. The zero-order chi connectivity index (χ0) is 14.8. The summed E-state index contributed by atoms with van der Waals surface area (Å²) in [7, 11) is 0. The first-order chi connectivity index (χ1) is 10.2. The van der Waals surface area contributed by atoms with Crippen molar-refractivity contribution in [3.8, 4) is 0 Å². The SMILES string of the molecule is C=C1CCN(C2CCC2)CCN1c1ccc(CC)cc1C. The van der Waals surface area contributed by atoms with Gasteiger partial charge in [0.05, 0.1) is 0 Å². The van der Waals surface area contributed by atoms with Gasteiger partial charge in [-0.05, 0) is 49.8 Å². The highest BCUT2D eigenvalue weighted by molar-refractivity contribution is 5.58. The minimum Gasteiger partial charge on any atom is -0.344 e. The van der Waals surface area contributed by atoms with E-state index in [4.69, 9.17) is 0 Å². The summed E-state index contributed by atoms with van der Waals surface area (Å²) in [4.78, 5) is 5.14. The molecule has 1 aliphatic heterocycles. The van der Waals surface area contributed by atoms with Gasteiger partial charge in [0.1, 0.15) is 0 Å². The molecule has 2 nitrogen and oxygen atoms in total. The molecule has 3 rings (SSSR count). The van der Waals surface area contributed by atoms with E-state index in [9.17, 15) is 0 Å². The second-order valence-electron chi connectivity index (χ2n) is 6.56. The van der Waals surface area contributed by atoms with Gasteiger partial charge in [0.2, 0.25) is 0 Å². The molecule has 0 amide bonds. The van der Waals surface area contributed by atoms with Crippen molar-refractivity contribution in [1.82, 2.24) is 4.90 Å². The van der Waals surface area contributed by atoms with Crippen LogP contribution in [0.4, 0.5) is 5.69 Å². The number of nitrogens with zero attached hydrogens (tertiary/aromatic N) is 2. The standard InChI is InChI=1S/C19H28N2/c1-4-17-8-9-19(15(2)14-17)21-13-12-20(11-10-16(21)3)18-6-5-7-18/h8-9,14,18H,3-7,10-13H2,1-2H3. The maximum absolute atomic E-state index is 4.35. The highest BCUT2D eigenvalue weighted by Crippen LogP contribution is 2.30. The molecule has 0 spiro atoms. The van der Waals surface area contributed by atoms with Crippen LogP contribution in [0.15, 0.2) is 30.5 Å². The van der Waals surface area contributed by atoms with Gasteiger partial charge in [0, 0.05) is 37.1 Å². The minimum absolute atomic E-state index is 0.848. The third-order valence-electron chi connectivity index (χ3n) is 5.23. The summed E-state index contributed by atoms with van der Waals surface area (Å²) in [6.07, 6.45) is 6.43. The van der Waals surface area contributed by atoms with Crippen LogP contribution in [0.5, 0.6) is 0 Å². The van der Waals surface area contributed by atoms with Crippen LogP contribution < -0.4 is 4.90 Å². The van der Waals surface area contributed by atoms with E-state index < -0.39 is 0 Å². The average Bonchev–Trinajstić information content (AvgIpc) is 2.60. The van der Waals surface area contributed by atoms with Crippen LogP contribution >= 0.6 is 0 Å². The first-order valence-electron chi connectivity index (χ1n) is 8.48. The smallest absolute Gasteiger partial charge is 0.0438 e. The Hall–Kier alpha value is -1.28. The average molecular weight is 284 g/mol. The summed E-state index contributed by atoms with van der Waals surface area (Å²) in [5, 5.41) is 0. The monoisotopic (exact) mass is 284 g/mol. The number of benzene rings is 1. The molecular formula is C19H28N2. The first-order valence-corrected chi connectivity index (χ1v) is 8.48. The molecule has 0 aromatic heterocycles. The maximum Gasteiger partial charge on any atom is 0.0438 e. The molecule has 0 unspecified atom stereocenters. The van der Waals surface area contributed by atoms with E-state index in [-0.39, 0.29) is 0 Å². The topological polar surface area (TPSA) is 6.48 Å². The lowest BCUT2D eigenvalue weighted by Crippen LogP contribution is -2.42. The Morgan fingerprint density at radius 1 is 1.19 bits per heavy atom. The Labute approximate surface area is 129 Å². The highest BCUT2D eigenvalue weighted by atomic mass is 15.2. The zero-order valence-electron chi connectivity index (χ0n) is 13.6. The molecular weight excluding hydrogens is 256 g/mol. The Bertz CT molecular complexity index is 516. The minimum atomic E-state index is 0.848. The van der Waals surface area contributed by atoms with Crippen molar-refractivity contribution >= 4 is 5.69 Å². The van der Waals surface area contributed by atoms with Crippen LogP contribution in [0.3, 0.4) is 0 Å². The Balaban J connectivity index is 1.76. The third-order valence-corrected chi connectivity index (χ3v) is 5.23. The number of hydrogen-bond acceptors (Lipinski definition) is 2. The molecule has 0 bridgehead atoms. The van der Waals surface area contributed by atoms with Gasteiger partial charge in [-0.25, -0.2) is 0 Å². The summed E-state index contributed by atoms with van der Waals surface area (Å²) >= 11 is 0. The molecule has 21 heavy (non-hydrogen) atoms.